The highest BCUT2D eigenvalue weighted by molar-refractivity contribution is 5.80. The maximum absolute atomic E-state index is 14.0. The summed E-state index contributed by atoms with van der Waals surface area (Å²) < 4.78 is 28.1. The number of nitrogens with one attached hydrogen (secondary N) is 2. The third-order valence-electron chi connectivity index (χ3n) is 5.47. The third kappa shape index (κ3) is 5.31. The zero-order valence-corrected chi connectivity index (χ0v) is 16.3. The predicted molar refractivity (Wildman–Crippen MR) is 106 cm³/mol. The van der Waals surface area contributed by atoms with Gasteiger partial charge in [-0.25, -0.2) is 8.78 Å². The second-order valence-electron chi connectivity index (χ2n) is 7.61. The number of halogens is 2. The molecule has 0 spiro atoms. The number of hydrogen-bond donors (Lipinski definition) is 2. The fourth-order valence-corrected chi connectivity index (χ4v) is 3.85. The lowest BCUT2D eigenvalue weighted by molar-refractivity contribution is 0.223. The Labute approximate surface area is 160 Å². The highest BCUT2D eigenvalue weighted by atomic mass is 19.1. The first-order chi connectivity index (χ1) is 13.1. The van der Waals surface area contributed by atoms with E-state index < -0.39 is 11.6 Å². The molecule has 0 bridgehead atoms. The Hall–Kier alpha value is -1.89. The van der Waals surface area contributed by atoms with Crippen molar-refractivity contribution in [3.05, 3.63) is 29.8 Å². The third-order valence-corrected chi connectivity index (χ3v) is 5.47. The van der Waals surface area contributed by atoms with E-state index in [0.29, 0.717) is 19.0 Å². The molecule has 0 saturated carbocycles. The molecular formula is C20H31F2N5. The monoisotopic (exact) mass is 379 g/mol. The Morgan fingerprint density at radius 3 is 2.52 bits per heavy atom. The highest BCUT2D eigenvalue weighted by Gasteiger charge is 2.27. The summed E-state index contributed by atoms with van der Waals surface area (Å²) in [4.78, 5) is 8.91. The smallest absolute Gasteiger partial charge is 0.191 e. The molecule has 2 heterocycles. The van der Waals surface area contributed by atoms with Crippen molar-refractivity contribution >= 4 is 11.6 Å². The molecule has 0 amide bonds. The lowest BCUT2D eigenvalue weighted by Gasteiger charge is -2.28. The minimum absolute atomic E-state index is 0.0788. The van der Waals surface area contributed by atoms with Gasteiger partial charge in [0.1, 0.15) is 17.3 Å². The van der Waals surface area contributed by atoms with Crippen molar-refractivity contribution in [2.45, 2.75) is 32.2 Å². The first kappa shape index (κ1) is 19.9. The van der Waals surface area contributed by atoms with E-state index in [2.05, 4.69) is 22.6 Å². The maximum atomic E-state index is 14.0. The van der Waals surface area contributed by atoms with Gasteiger partial charge in [-0.3, -0.25) is 4.99 Å². The Balaban J connectivity index is 1.56. The van der Waals surface area contributed by atoms with Crippen LogP contribution in [0.1, 0.15) is 26.2 Å². The number of aliphatic imine (C=N–C) groups is 1. The van der Waals surface area contributed by atoms with Crippen LogP contribution in [0.15, 0.2) is 23.2 Å². The average molecular weight is 379 g/mol. The second kappa shape index (κ2) is 9.35. The first-order valence-corrected chi connectivity index (χ1v) is 9.99. The number of benzene rings is 1. The van der Waals surface area contributed by atoms with Crippen LogP contribution in [0, 0.1) is 17.6 Å². The van der Waals surface area contributed by atoms with Crippen LogP contribution in [0.4, 0.5) is 14.5 Å². The predicted octanol–water partition coefficient (Wildman–Crippen LogP) is 2.44. The van der Waals surface area contributed by atoms with Gasteiger partial charge in [-0.15, -0.1) is 0 Å². The molecule has 1 aromatic rings. The second-order valence-corrected chi connectivity index (χ2v) is 7.61. The number of hydrogen-bond acceptors (Lipinski definition) is 3. The molecule has 3 rings (SSSR count). The molecule has 5 nitrogen and oxygen atoms in total. The summed E-state index contributed by atoms with van der Waals surface area (Å²) in [5, 5.41) is 6.74. The summed E-state index contributed by atoms with van der Waals surface area (Å²) >= 11 is 0. The fraction of sp³-hybridized carbons (Fsp3) is 0.650. The molecule has 7 heteroatoms. The molecule has 0 aromatic heterocycles. The zero-order chi connectivity index (χ0) is 19.2. The number of piperidine rings is 1. The van der Waals surface area contributed by atoms with Crippen LogP contribution in [0.2, 0.25) is 0 Å². The first-order valence-electron chi connectivity index (χ1n) is 9.99. The number of para-hydroxylation sites is 1. The molecule has 2 aliphatic rings. The van der Waals surface area contributed by atoms with Gasteiger partial charge in [-0.2, -0.15) is 0 Å². The molecule has 1 aromatic carbocycles. The molecule has 0 aliphatic carbocycles. The molecule has 27 heavy (non-hydrogen) atoms. The van der Waals surface area contributed by atoms with E-state index in [-0.39, 0.29) is 11.7 Å². The summed E-state index contributed by atoms with van der Waals surface area (Å²) in [6.45, 7) is 7.12. The number of rotatable bonds is 5. The average Bonchev–Trinajstić information content (AvgIpc) is 3.09. The van der Waals surface area contributed by atoms with Crippen LogP contribution in [-0.4, -0.2) is 63.2 Å². The van der Waals surface area contributed by atoms with E-state index in [4.69, 9.17) is 4.99 Å². The fourth-order valence-electron chi connectivity index (χ4n) is 3.85. The summed E-state index contributed by atoms with van der Waals surface area (Å²) in [6, 6.07) is 4.15. The van der Waals surface area contributed by atoms with Gasteiger partial charge in [0, 0.05) is 32.2 Å². The number of anilines is 1. The van der Waals surface area contributed by atoms with Gasteiger partial charge in [0.2, 0.25) is 0 Å². The Morgan fingerprint density at radius 2 is 1.85 bits per heavy atom. The van der Waals surface area contributed by atoms with Crippen molar-refractivity contribution in [1.29, 1.82) is 0 Å². The highest BCUT2D eigenvalue weighted by Crippen LogP contribution is 2.26. The van der Waals surface area contributed by atoms with Gasteiger partial charge in [-0.05, 0) is 64.4 Å². The summed E-state index contributed by atoms with van der Waals surface area (Å²) in [6.07, 6.45) is 3.19. The summed E-state index contributed by atoms with van der Waals surface area (Å²) in [7, 11) is 2.16. The van der Waals surface area contributed by atoms with E-state index >= 15 is 0 Å². The SMILES string of the molecule is CCNC(=NCC1CCN(C)CC1)NC1CCN(c2c(F)cccc2F)C1. The van der Waals surface area contributed by atoms with E-state index in [1.807, 2.05) is 6.92 Å². The van der Waals surface area contributed by atoms with Crippen LogP contribution < -0.4 is 15.5 Å². The normalized spacial score (nSPS) is 22.3. The molecular weight excluding hydrogens is 348 g/mol. The molecule has 1 unspecified atom stereocenters. The van der Waals surface area contributed by atoms with E-state index in [9.17, 15) is 8.78 Å². The zero-order valence-electron chi connectivity index (χ0n) is 16.3. The van der Waals surface area contributed by atoms with Gasteiger partial charge in [0.15, 0.2) is 5.96 Å². The number of nitrogens with zero attached hydrogens (tertiary/aromatic N) is 3. The van der Waals surface area contributed by atoms with Crippen LogP contribution in [0.5, 0.6) is 0 Å². The minimum atomic E-state index is -0.501. The van der Waals surface area contributed by atoms with Gasteiger partial charge >= 0.3 is 0 Å². The van der Waals surface area contributed by atoms with Crippen LogP contribution in [-0.2, 0) is 0 Å². The Kier molecular flexibility index (Phi) is 6.88. The van der Waals surface area contributed by atoms with Crippen molar-refractivity contribution in [2.24, 2.45) is 10.9 Å². The minimum Gasteiger partial charge on any atom is -0.365 e. The van der Waals surface area contributed by atoms with Gasteiger partial charge in [0.25, 0.3) is 0 Å². The van der Waals surface area contributed by atoms with E-state index in [1.165, 1.54) is 31.0 Å². The molecule has 2 N–H and O–H groups in total. The quantitative estimate of drug-likeness (QED) is 0.609. The summed E-state index contributed by atoms with van der Waals surface area (Å²) in [5.74, 6) is 0.429. The molecule has 2 aliphatic heterocycles. The van der Waals surface area contributed by atoms with E-state index in [0.717, 1.165) is 38.6 Å². The van der Waals surface area contributed by atoms with Crippen molar-refractivity contribution in [3.63, 3.8) is 0 Å². The van der Waals surface area contributed by atoms with Gasteiger partial charge in [0.05, 0.1) is 0 Å². The van der Waals surface area contributed by atoms with Crippen molar-refractivity contribution < 1.29 is 8.78 Å². The largest absolute Gasteiger partial charge is 0.365 e. The number of guanidine groups is 1. The maximum Gasteiger partial charge on any atom is 0.191 e. The van der Waals surface area contributed by atoms with Crippen LogP contribution >= 0.6 is 0 Å². The van der Waals surface area contributed by atoms with Gasteiger partial charge < -0.3 is 20.4 Å². The van der Waals surface area contributed by atoms with Crippen molar-refractivity contribution in [3.8, 4) is 0 Å². The molecule has 1 atom stereocenters. The molecule has 150 valence electrons. The van der Waals surface area contributed by atoms with Gasteiger partial charge in [-0.1, -0.05) is 6.07 Å². The molecule has 2 fully saturated rings. The summed E-state index contributed by atoms with van der Waals surface area (Å²) in [5.41, 5.74) is 0.0788. The standard InChI is InChI=1S/C20H31F2N5/c1-3-23-20(24-13-15-7-10-26(2)11-8-15)25-16-9-12-27(14-16)19-17(21)5-4-6-18(19)22/h4-6,15-16H,3,7-14H2,1-2H3,(H2,23,24,25). The van der Waals surface area contributed by atoms with E-state index in [1.54, 1.807) is 4.90 Å². The molecule has 0 radical (unpaired) electrons. The van der Waals surface area contributed by atoms with Crippen molar-refractivity contribution in [2.75, 3.05) is 51.2 Å². The Morgan fingerprint density at radius 1 is 1.15 bits per heavy atom. The molecule has 2 saturated heterocycles. The van der Waals surface area contributed by atoms with Crippen molar-refractivity contribution in [1.82, 2.24) is 15.5 Å². The number of likely N-dealkylation sites (tertiary alicyclic amines) is 1. The van der Waals surface area contributed by atoms with Crippen LogP contribution in [0.3, 0.4) is 0 Å². The lowest BCUT2D eigenvalue weighted by atomic mass is 9.97. The lowest BCUT2D eigenvalue weighted by Crippen LogP contribution is -2.45. The Bertz CT molecular complexity index is 623. The van der Waals surface area contributed by atoms with Crippen LogP contribution in [0.25, 0.3) is 0 Å². The topological polar surface area (TPSA) is 42.9 Å².